The van der Waals surface area contributed by atoms with Crippen LogP contribution >= 0.6 is 0 Å². The van der Waals surface area contributed by atoms with Crippen LogP contribution in [0, 0.1) is 10.1 Å². The van der Waals surface area contributed by atoms with Gasteiger partial charge in [-0.1, -0.05) is 0 Å². The molecule has 0 aliphatic rings. The summed E-state index contributed by atoms with van der Waals surface area (Å²) in [6.07, 6.45) is 0. The first-order chi connectivity index (χ1) is 2.77. The molecule has 0 saturated carbocycles. The molecular formula is C2H5NNaO3+. The molecule has 4 nitrogen and oxygen atoms in total. The van der Waals surface area contributed by atoms with Gasteiger partial charge in [0.05, 0.1) is 6.61 Å². The molecule has 0 aromatic rings. The van der Waals surface area contributed by atoms with E-state index in [9.17, 15) is 10.1 Å². The molecule has 0 unspecified atom stereocenters. The molecule has 0 fully saturated rings. The van der Waals surface area contributed by atoms with Crippen molar-refractivity contribution in [3.05, 3.63) is 10.1 Å². The minimum absolute atomic E-state index is 0. The van der Waals surface area contributed by atoms with E-state index in [0.29, 0.717) is 0 Å². The molecule has 0 aromatic heterocycles. The molecule has 0 radical (unpaired) electrons. The molecule has 0 atom stereocenters. The summed E-state index contributed by atoms with van der Waals surface area (Å²) in [5, 5.41) is 8.36. The van der Waals surface area contributed by atoms with Crippen molar-refractivity contribution in [1.29, 1.82) is 0 Å². The minimum Gasteiger partial charge on any atom is -0.314 e. The average molecular weight is 114 g/mol. The molecule has 0 aliphatic carbocycles. The summed E-state index contributed by atoms with van der Waals surface area (Å²) in [6.45, 7) is 1.69. The molecule has 0 heterocycles. The maximum absolute atomic E-state index is 9.18. The molecule has 0 rings (SSSR count). The second-order valence-electron chi connectivity index (χ2n) is 0.641. The molecule has 0 aromatic carbocycles. The van der Waals surface area contributed by atoms with Gasteiger partial charge >= 0.3 is 29.6 Å². The zero-order valence-electron chi connectivity index (χ0n) is 4.38. The van der Waals surface area contributed by atoms with Gasteiger partial charge in [0.2, 0.25) is 0 Å². The van der Waals surface area contributed by atoms with E-state index in [1.165, 1.54) is 0 Å². The van der Waals surface area contributed by atoms with E-state index in [1.807, 2.05) is 0 Å². The first kappa shape index (κ1) is 10.2. The summed E-state index contributed by atoms with van der Waals surface area (Å²) in [4.78, 5) is 12.9. The largest absolute Gasteiger partial charge is 1.00 e. The quantitative estimate of drug-likeness (QED) is 0.221. The van der Waals surface area contributed by atoms with E-state index in [1.54, 1.807) is 6.92 Å². The van der Waals surface area contributed by atoms with Crippen molar-refractivity contribution in [2.45, 2.75) is 6.92 Å². The molecule has 5 heteroatoms. The van der Waals surface area contributed by atoms with Gasteiger partial charge in [0, 0.05) is 0 Å². The molecule has 0 amide bonds. The topological polar surface area (TPSA) is 52.4 Å². The van der Waals surface area contributed by atoms with Crippen molar-refractivity contribution in [2.75, 3.05) is 6.61 Å². The van der Waals surface area contributed by atoms with E-state index < -0.39 is 5.09 Å². The Balaban J connectivity index is 0. The molecule has 0 saturated heterocycles. The Morgan fingerprint density at radius 2 is 2.29 bits per heavy atom. The maximum Gasteiger partial charge on any atom is 1.00 e. The Labute approximate surface area is 63.2 Å². The first-order valence-electron chi connectivity index (χ1n) is 1.54. The zero-order chi connectivity index (χ0) is 4.99. The minimum atomic E-state index is -0.819. The van der Waals surface area contributed by atoms with Crippen LogP contribution in [0.25, 0.3) is 0 Å². The summed E-state index contributed by atoms with van der Waals surface area (Å²) >= 11 is 0. The fourth-order valence-electron chi connectivity index (χ4n) is 0.105. The van der Waals surface area contributed by atoms with E-state index >= 15 is 0 Å². The summed E-state index contributed by atoms with van der Waals surface area (Å²) in [6, 6.07) is 0. The van der Waals surface area contributed by atoms with Gasteiger partial charge in [-0.2, -0.15) is 0 Å². The number of hydrogen-bond acceptors (Lipinski definition) is 3. The Morgan fingerprint density at radius 1 is 1.86 bits per heavy atom. The molecule has 0 aliphatic heterocycles. The van der Waals surface area contributed by atoms with Crippen molar-refractivity contribution in [3.63, 3.8) is 0 Å². The summed E-state index contributed by atoms with van der Waals surface area (Å²) in [5.74, 6) is 0. The third-order valence-corrected chi connectivity index (χ3v) is 0.235. The molecule has 0 N–H and O–H groups in total. The van der Waals surface area contributed by atoms with Crippen molar-refractivity contribution in [1.82, 2.24) is 0 Å². The first-order valence-corrected chi connectivity index (χ1v) is 1.54. The Hall–Kier alpha value is 0.200. The predicted molar refractivity (Wildman–Crippen MR) is 18.6 cm³/mol. The molecule has 36 valence electrons. The van der Waals surface area contributed by atoms with E-state index in [0.717, 1.165) is 0 Å². The van der Waals surface area contributed by atoms with E-state index in [2.05, 4.69) is 4.84 Å². The van der Waals surface area contributed by atoms with Crippen LogP contribution in [-0.2, 0) is 4.84 Å². The van der Waals surface area contributed by atoms with Crippen LogP contribution in [0.1, 0.15) is 6.92 Å². The van der Waals surface area contributed by atoms with E-state index in [4.69, 9.17) is 0 Å². The van der Waals surface area contributed by atoms with Crippen molar-refractivity contribution >= 4 is 0 Å². The summed E-state index contributed by atoms with van der Waals surface area (Å²) < 4.78 is 0. The van der Waals surface area contributed by atoms with Gasteiger partial charge in [-0.05, 0) is 6.92 Å². The standard InChI is InChI=1S/C2H5NO3.Na/c1-2-6-3(4)5;/h2H2,1H3;/q;+1. The fourth-order valence-corrected chi connectivity index (χ4v) is 0.105. The number of hydrogen-bond donors (Lipinski definition) is 0. The van der Waals surface area contributed by atoms with Gasteiger partial charge in [0.1, 0.15) is 0 Å². The Morgan fingerprint density at radius 3 is 2.29 bits per heavy atom. The van der Waals surface area contributed by atoms with Crippen molar-refractivity contribution in [2.24, 2.45) is 0 Å². The maximum atomic E-state index is 9.18. The van der Waals surface area contributed by atoms with Crippen molar-refractivity contribution < 1.29 is 39.5 Å². The van der Waals surface area contributed by atoms with Gasteiger partial charge < -0.3 is 4.84 Å². The van der Waals surface area contributed by atoms with Gasteiger partial charge in [0.25, 0.3) is 5.09 Å². The molecule has 0 spiro atoms. The third-order valence-electron chi connectivity index (χ3n) is 0.235. The SMILES string of the molecule is CCO[N+](=O)[O-].[Na+]. The second kappa shape index (κ2) is 6.20. The molecular weight excluding hydrogens is 109 g/mol. The Bertz CT molecular complexity index is 56.9. The summed E-state index contributed by atoms with van der Waals surface area (Å²) in [5.41, 5.74) is 0. The van der Waals surface area contributed by atoms with Crippen LogP contribution in [0.3, 0.4) is 0 Å². The monoisotopic (exact) mass is 114 g/mol. The van der Waals surface area contributed by atoms with Gasteiger partial charge in [-0.3, -0.25) is 0 Å². The normalized spacial score (nSPS) is 6.43. The van der Waals surface area contributed by atoms with Crippen LogP contribution < -0.4 is 29.6 Å². The van der Waals surface area contributed by atoms with Crippen molar-refractivity contribution in [3.8, 4) is 0 Å². The average Bonchev–Trinajstić information content (AvgIpc) is 1.35. The van der Waals surface area contributed by atoms with Gasteiger partial charge in [-0.25, -0.2) is 0 Å². The van der Waals surface area contributed by atoms with Crippen LogP contribution in [-0.4, -0.2) is 11.7 Å². The number of nitrogens with zero attached hydrogens (tertiary/aromatic N) is 1. The Kier molecular flexibility index (Phi) is 9.07. The third kappa shape index (κ3) is 10.7. The van der Waals surface area contributed by atoms with Gasteiger partial charge in [0.15, 0.2) is 0 Å². The van der Waals surface area contributed by atoms with Crippen LogP contribution in [0.5, 0.6) is 0 Å². The van der Waals surface area contributed by atoms with Crippen LogP contribution in [0.15, 0.2) is 0 Å². The second-order valence-corrected chi connectivity index (χ2v) is 0.641. The predicted octanol–water partition coefficient (Wildman–Crippen LogP) is -2.78. The smallest absolute Gasteiger partial charge is 0.314 e. The fraction of sp³-hybridized carbons (Fsp3) is 1.00. The van der Waals surface area contributed by atoms with Crippen LogP contribution in [0.4, 0.5) is 0 Å². The number of rotatable bonds is 2. The van der Waals surface area contributed by atoms with Gasteiger partial charge in [-0.15, -0.1) is 10.1 Å². The zero-order valence-corrected chi connectivity index (χ0v) is 6.38. The summed E-state index contributed by atoms with van der Waals surface area (Å²) in [7, 11) is 0. The van der Waals surface area contributed by atoms with Crippen LogP contribution in [0.2, 0.25) is 0 Å². The molecule has 0 bridgehead atoms. The van der Waals surface area contributed by atoms with E-state index in [-0.39, 0.29) is 36.2 Å². The molecule has 7 heavy (non-hydrogen) atoms.